The zero-order chi connectivity index (χ0) is 55.8. The lowest BCUT2D eigenvalue weighted by Crippen LogP contribution is -2.49. The van der Waals surface area contributed by atoms with E-state index in [2.05, 4.69) is 197 Å². The Morgan fingerprint density at radius 3 is 1.03 bits per heavy atom. The molecule has 0 amide bonds. The fourth-order valence-corrected chi connectivity index (χ4v) is 11.4. The minimum absolute atomic E-state index is 0.119. The highest BCUT2D eigenvalue weighted by Gasteiger charge is 2.40. The lowest BCUT2D eigenvalue weighted by molar-refractivity contribution is -0.185. The molecule has 0 saturated heterocycles. The molecule has 72 heavy (non-hydrogen) atoms. The Hall–Kier alpha value is 0.388. The molecule has 0 bridgehead atoms. The third-order valence-electron chi connectivity index (χ3n) is 16.6. The van der Waals surface area contributed by atoms with Gasteiger partial charge in [-0.15, -0.1) is 0 Å². The normalized spacial score (nSPS) is 15.9. The Kier molecular flexibility index (Phi) is 33.9. The molecule has 0 heterocycles. The molecular weight excluding hydrogens is 969 g/mol. The maximum absolute atomic E-state index is 7.16. The van der Waals surface area contributed by atoms with E-state index in [1.54, 1.807) is 0 Å². The van der Waals surface area contributed by atoms with Crippen molar-refractivity contribution in [1.29, 1.82) is 0 Å². The van der Waals surface area contributed by atoms with Crippen molar-refractivity contribution in [2.75, 3.05) is 118 Å². The molecule has 16 heteroatoms. The minimum Gasteiger partial charge on any atom is -0.416 e. The van der Waals surface area contributed by atoms with E-state index in [1.807, 2.05) is 0 Å². The first-order valence-electron chi connectivity index (χ1n) is 28.9. The molecule has 0 aliphatic heterocycles. The summed E-state index contributed by atoms with van der Waals surface area (Å²) in [5.41, 5.74) is 0. The second-order valence-corrected chi connectivity index (χ2v) is 46.1. The van der Waals surface area contributed by atoms with Crippen molar-refractivity contribution in [3.8, 4) is 0 Å². The van der Waals surface area contributed by atoms with Crippen LogP contribution in [0.4, 0.5) is 0 Å². The predicted octanol–water partition coefficient (Wildman–Crippen LogP) is 13.4. The van der Waals surface area contributed by atoms with Gasteiger partial charge in [-0.1, -0.05) is 111 Å². The second kappa shape index (κ2) is 33.7. The Bertz CT molecular complexity index is 1310. The lowest BCUT2D eigenvalue weighted by atomic mass is 10.2. The van der Waals surface area contributed by atoms with E-state index < -0.39 is 33.3 Å². The van der Waals surface area contributed by atoms with Gasteiger partial charge < -0.3 is 41.6 Å². The lowest BCUT2D eigenvalue weighted by Gasteiger charge is -2.39. The standard InChI is InChI=1S/C56H126N4O8Si4/c1-27-31-57(32-28-2)35-41-61-47-52(68-50(6)59(33-29-3)34-30-4)51(62-42-36-58(37-43-64-69(19,20)53(7,8)9)38-44-65-70(21,22)54(10,11)12)48-63-49(5)60(39-45-66-71(23,24)55(13,14)15)40-46-67-72(25,26)56(16,17)18/h49-52H,27-48H2,1-26H3. The molecular formula is C56H126N4O8Si4. The predicted molar refractivity (Wildman–Crippen MR) is 320 cm³/mol. The number of ether oxygens (including phenoxy) is 4. The zero-order valence-corrected chi connectivity index (χ0v) is 56.9. The third kappa shape index (κ3) is 27.8. The van der Waals surface area contributed by atoms with Crippen LogP contribution in [-0.4, -0.2) is 196 Å². The van der Waals surface area contributed by atoms with Crippen LogP contribution in [0.3, 0.4) is 0 Å². The first-order chi connectivity index (χ1) is 32.9. The summed E-state index contributed by atoms with van der Waals surface area (Å²) in [6.07, 6.45) is 3.29. The summed E-state index contributed by atoms with van der Waals surface area (Å²) in [6.45, 7) is 73.2. The molecule has 0 aromatic carbocycles. The van der Waals surface area contributed by atoms with Crippen LogP contribution in [0.1, 0.15) is 150 Å². The molecule has 0 fully saturated rings. The summed E-state index contributed by atoms with van der Waals surface area (Å²) in [7, 11) is -7.77. The van der Waals surface area contributed by atoms with Gasteiger partial charge in [-0.25, -0.2) is 0 Å². The molecule has 0 aromatic rings. The fraction of sp³-hybridized carbons (Fsp3) is 1.00. The first kappa shape index (κ1) is 72.4. The Balaban J connectivity index is 7.10. The fourth-order valence-electron chi connectivity index (χ4n) is 7.29. The topological polar surface area (TPSA) is 86.8 Å². The largest absolute Gasteiger partial charge is 0.416 e. The average Bonchev–Trinajstić information content (AvgIpc) is 3.23. The summed E-state index contributed by atoms with van der Waals surface area (Å²) in [5.74, 6) is 0. The molecule has 12 nitrogen and oxygen atoms in total. The third-order valence-corrected chi connectivity index (χ3v) is 34.8. The maximum Gasteiger partial charge on any atom is 0.192 e. The van der Waals surface area contributed by atoms with Crippen LogP contribution in [0.5, 0.6) is 0 Å². The van der Waals surface area contributed by atoms with Crippen LogP contribution < -0.4 is 0 Å². The van der Waals surface area contributed by atoms with Crippen LogP contribution in [-0.2, 0) is 36.7 Å². The molecule has 4 atom stereocenters. The highest BCUT2D eigenvalue weighted by atomic mass is 28.4. The monoisotopic (exact) mass is 1090 g/mol. The molecule has 4 unspecified atom stereocenters. The van der Waals surface area contributed by atoms with Gasteiger partial charge in [0.2, 0.25) is 0 Å². The van der Waals surface area contributed by atoms with E-state index in [4.69, 9.17) is 36.7 Å². The van der Waals surface area contributed by atoms with Crippen LogP contribution in [0.25, 0.3) is 0 Å². The van der Waals surface area contributed by atoms with E-state index in [0.717, 1.165) is 91.1 Å². The summed E-state index contributed by atoms with van der Waals surface area (Å²) in [6, 6.07) is 0. The Labute approximate surface area is 453 Å². The highest BCUT2D eigenvalue weighted by Crippen LogP contribution is 2.39. The molecule has 0 aliphatic carbocycles. The van der Waals surface area contributed by atoms with Gasteiger partial charge in [-0.3, -0.25) is 14.7 Å². The molecule has 0 saturated carbocycles. The molecule has 0 N–H and O–H groups in total. The summed E-state index contributed by atoms with van der Waals surface area (Å²) < 4.78 is 55.0. The van der Waals surface area contributed by atoms with E-state index in [-0.39, 0.29) is 44.8 Å². The highest BCUT2D eigenvalue weighted by molar-refractivity contribution is 6.75. The van der Waals surface area contributed by atoms with Crippen LogP contribution in [0.15, 0.2) is 0 Å². The van der Waals surface area contributed by atoms with Crippen LogP contribution in [0.2, 0.25) is 72.5 Å². The van der Waals surface area contributed by atoms with E-state index in [0.29, 0.717) is 52.9 Å². The van der Waals surface area contributed by atoms with E-state index in [9.17, 15) is 0 Å². The average molecular weight is 1100 g/mol. The molecule has 0 aliphatic rings. The Morgan fingerprint density at radius 1 is 0.347 bits per heavy atom. The number of rotatable bonds is 41. The summed E-state index contributed by atoms with van der Waals surface area (Å²) in [5, 5.41) is 0.543. The molecule has 0 radical (unpaired) electrons. The van der Waals surface area contributed by atoms with Gasteiger partial charge in [0.05, 0.1) is 26.4 Å². The molecule has 0 rings (SSSR count). The van der Waals surface area contributed by atoms with Crippen molar-refractivity contribution in [2.24, 2.45) is 0 Å². The molecule has 434 valence electrons. The van der Waals surface area contributed by atoms with E-state index >= 15 is 0 Å². The first-order valence-corrected chi connectivity index (χ1v) is 40.5. The number of nitrogens with zero attached hydrogens (tertiary/aromatic N) is 4. The maximum atomic E-state index is 7.16. The quantitative estimate of drug-likeness (QED) is 0.0332. The van der Waals surface area contributed by atoms with Gasteiger partial charge in [-0.05, 0) is 125 Å². The minimum atomic E-state index is -1.96. The molecule has 0 aromatic heterocycles. The van der Waals surface area contributed by atoms with Crippen molar-refractivity contribution in [1.82, 2.24) is 19.6 Å². The van der Waals surface area contributed by atoms with Gasteiger partial charge in [-0.2, -0.15) is 0 Å². The smallest absolute Gasteiger partial charge is 0.192 e. The van der Waals surface area contributed by atoms with Gasteiger partial charge >= 0.3 is 0 Å². The summed E-state index contributed by atoms with van der Waals surface area (Å²) in [4.78, 5) is 9.84. The van der Waals surface area contributed by atoms with Gasteiger partial charge in [0.25, 0.3) is 0 Å². The number of hydrogen-bond donors (Lipinski definition) is 0. The zero-order valence-electron chi connectivity index (χ0n) is 52.9. The Morgan fingerprint density at radius 2 is 0.667 bits per heavy atom. The molecule has 0 spiro atoms. The van der Waals surface area contributed by atoms with E-state index in [1.165, 1.54) is 0 Å². The van der Waals surface area contributed by atoms with Crippen molar-refractivity contribution < 1.29 is 36.7 Å². The van der Waals surface area contributed by atoms with Crippen LogP contribution in [0, 0.1) is 0 Å². The van der Waals surface area contributed by atoms with Crippen molar-refractivity contribution in [3.05, 3.63) is 0 Å². The van der Waals surface area contributed by atoms with Gasteiger partial charge in [0, 0.05) is 78.8 Å². The summed E-state index contributed by atoms with van der Waals surface area (Å²) >= 11 is 0. The van der Waals surface area contributed by atoms with Crippen molar-refractivity contribution in [2.45, 2.75) is 248 Å². The van der Waals surface area contributed by atoms with Gasteiger partial charge in [0.15, 0.2) is 33.3 Å². The van der Waals surface area contributed by atoms with Crippen LogP contribution >= 0.6 is 0 Å². The van der Waals surface area contributed by atoms with Crippen molar-refractivity contribution in [3.63, 3.8) is 0 Å². The van der Waals surface area contributed by atoms with Crippen molar-refractivity contribution >= 4 is 33.3 Å². The second-order valence-electron chi connectivity index (χ2n) is 26.9. The number of hydrogen-bond acceptors (Lipinski definition) is 12. The van der Waals surface area contributed by atoms with Gasteiger partial charge in [0.1, 0.15) is 24.7 Å². The SMILES string of the molecule is CCCN(CCC)CCOCC(OC(C)N(CCC)CCC)C(COC(C)N(CCO[Si](C)(C)C(C)(C)C)CCO[Si](C)(C)C(C)(C)C)OCCN(CCO[Si](C)(C)C(C)(C)C)CCO[Si](C)(C)C(C)(C)C.